The molecular formula is C24H30FN5O3. The molecule has 0 aliphatic carbocycles. The number of anilines is 2. The number of hydrogen-bond donors (Lipinski definition) is 1. The Balaban J connectivity index is 2.54. The van der Waals surface area contributed by atoms with E-state index in [-0.39, 0.29) is 17.6 Å². The zero-order chi connectivity index (χ0) is 24.5. The Morgan fingerprint density at radius 3 is 2.27 bits per heavy atom. The molecule has 0 bridgehead atoms. The van der Waals surface area contributed by atoms with E-state index < -0.39 is 6.61 Å². The molecule has 0 saturated heterocycles. The van der Waals surface area contributed by atoms with Crippen molar-refractivity contribution < 1.29 is 19.1 Å². The van der Waals surface area contributed by atoms with Crippen LogP contribution in [0.15, 0.2) is 52.7 Å². The summed E-state index contributed by atoms with van der Waals surface area (Å²) in [6.45, 7) is 5.63. The summed E-state index contributed by atoms with van der Waals surface area (Å²) in [5, 5.41) is 21.7. The number of aliphatic hydroxyl groups excluding tert-OH is 1. The van der Waals surface area contributed by atoms with Crippen LogP contribution >= 0.6 is 0 Å². The first-order valence-corrected chi connectivity index (χ1v) is 10.6. The maximum atomic E-state index is 13.7. The van der Waals surface area contributed by atoms with Gasteiger partial charge in [0.15, 0.2) is 12.1 Å². The first-order chi connectivity index (χ1) is 15.7. The van der Waals surface area contributed by atoms with Crippen molar-refractivity contribution in [2.24, 2.45) is 16.1 Å². The molecule has 0 aliphatic heterocycles. The van der Waals surface area contributed by atoms with Crippen LogP contribution in [-0.2, 0) is 4.79 Å². The van der Waals surface area contributed by atoms with Crippen LogP contribution in [0, 0.1) is 11.7 Å². The van der Waals surface area contributed by atoms with Crippen LogP contribution in [0.1, 0.15) is 36.7 Å². The van der Waals surface area contributed by atoms with E-state index in [9.17, 15) is 19.1 Å². The Labute approximate surface area is 193 Å². The Morgan fingerprint density at radius 1 is 1.06 bits per heavy atom. The van der Waals surface area contributed by atoms with E-state index in [1.165, 1.54) is 22.0 Å². The van der Waals surface area contributed by atoms with Crippen molar-refractivity contribution in [2.75, 3.05) is 37.3 Å². The van der Waals surface area contributed by atoms with Crippen LogP contribution < -0.4 is 10.0 Å². The summed E-state index contributed by atoms with van der Waals surface area (Å²) in [5.41, 5.74) is 2.89. The number of aldehydes is 1. The summed E-state index contributed by atoms with van der Waals surface area (Å²) in [7, 11) is 3.39. The van der Waals surface area contributed by atoms with E-state index in [4.69, 9.17) is 0 Å². The van der Waals surface area contributed by atoms with Crippen molar-refractivity contribution in [2.45, 2.75) is 20.8 Å². The van der Waals surface area contributed by atoms with Gasteiger partial charge in [-0.1, -0.05) is 19.9 Å². The maximum Gasteiger partial charge on any atom is 0.215 e. The fraction of sp³-hybridized carbons (Fsp3) is 0.333. The van der Waals surface area contributed by atoms with Gasteiger partial charge in [0, 0.05) is 31.8 Å². The van der Waals surface area contributed by atoms with Gasteiger partial charge >= 0.3 is 0 Å². The predicted molar refractivity (Wildman–Crippen MR) is 129 cm³/mol. The summed E-state index contributed by atoms with van der Waals surface area (Å²) in [6.07, 6.45) is 1.36. The van der Waals surface area contributed by atoms with Crippen molar-refractivity contribution in [3.05, 3.63) is 59.4 Å². The van der Waals surface area contributed by atoms with Gasteiger partial charge in [0.25, 0.3) is 0 Å². The first-order valence-electron chi connectivity index (χ1n) is 10.6. The Hall–Kier alpha value is -3.59. The first kappa shape index (κ1) is 25.7. The average Bonchev–Trinajstić information content (AvgIpc) is 2.81. The van der Waals surface area contributed by atoms with Gasteiger partial charge in [-0.2, -0.15) is 10.2 Å². The van der Waals surface area contributed by atoms with E-state index >= 15 is 0 Å². The summed E-state index contributed by atoms with van der Waals surface area (Å²) < 4.78 is 13.7. The van der Waals surface area contributed by atoms with E-state index in [0.29, 0.717) is 41.2 Å². The van der Waals surface area contributed by atoms with E-state index in [2.05, 4.69) is 10.2 Å². The van der Waals surface area contributed by atoms with Gasteiger partial charge in [-0.15, -0.1) is 0 Å². The molecule has 8 nitrogen and oxygen atoms in total. The standard InChI is InChI=1S/C24H30FN5O3/c1-6-30(16-33)23(15-32)26-28(4)21-11-10-18(14-31)22(13-21)24(17(2)3)27-29(5)20-9-7-8-19(25)12-20/h7-14,16-17,32H,6,15H2,1-5H3/b26-23-,27-24-. The van der Waals surface area contributed by atoms with E-state index in [0.717, 1.165) is 6.29 Å². The van der Waals surface area contributed by atoms with Gasteiger partial charge in [0.2, 0.25) is 6.41 Å². The molecule has 2 aromatic rings. The van der Waals surface area contributed by atoms with Crippen molar-refractivity contribution in [3.8, 4) is 0 Å². The molecule has 0 aromatic heterocycles. The zero-order valence-electron chi connectivity index (χ0n) is 19.6. The minimum Gasteiger partial charge on any atom is -0.388 e. The fourth-order valence-electron chi connectivity index (χ4n) is 3.18. The number of amides is 1. The molecule has 0 radical (unpaired) electrons. The lowest BCUT2D eigenvalue weighted by Gasteiger charge is -2.22. The molecule has 0 unspecified atom stereocenters. The highest BCUT2D eigenvalue weighted by atomic mass is 19.1. The third-order valence-corrected chi connectivity index (χ3v) is 5.01. The predicted octanol–water partition coefficient (Wildman–Crippen LogP) is 3.36. The van der Waals surface area contributed by atoms with Gasteiger partial charge in [-0.3, -0.25) is 24.5 Å². The highest BCUT2D eigenvalue weighted by Gasteiger charge is 2.17. The number of hydrazone groups is 2. The third-order valence-electron chi connectivity index (χ3n) is 5.01. The molecule has 0 fully saturated rings. The highest BCUT2D eigenvalue weighted by molar-refractivity contribution is 6.08. The minimum atomic E-state index is -0.409. The molecule has 33 heavy (non-hydrogen) atoms. The lowest BCUT2D eigenvalue weighted by atomic mass is 9.95. The Morgan fingerprint density at radius 2 is 1.73 bits per heavy atom. The molecule has 1 N–H and O–H groups in total. The Kier molecular flexibility index (Phi) is 9.23. The zero-order valence-corrected chi connectivity index (χ0v) is 19.6. The van der Waals surface area contributed by atoms with Crippen LogP contribution in [0.2, 0.25) is 0 Å². The molecule has 0 heterocycles. The topological polar surface area (TPSA) is 88.8 Å². The molecule has 9 heteroatoms. The number of nitrogens with zero attached hydrogens (tertiary/aromatic N) is 5. The number of halogens is 1. The molecule has 2 rings (SSSR count). The third kappa shape index (κ3) is 6.45. The number of hydrogen-bond acceptors (Lipinski definition) is 7. The number of aliphatic hydroxyl groups is 1. The van der Waals surface area contributed by atoms with Crippen molar-refractivity contribution >= 4 is 35.6 Å². The van der Waals surface area contributed by atoms with Crippen LogP contribution in [0.25, 0.3) is 0 Å². The van der Waals surface area contributed by atoms with Crippen LogP contribution in [0.3, 0.4) is 0 Å². The summed E-state index contributed by atoms with van der Waals surface area (Å²) in [4.78, 5) is 24.3. The average molecular weight is 456 g/mol. The quantitative estimate of drug-likeness (QED) is 0.257. The second kappa shape index (κ2) is 11.9. The van der Waals surface area contributed by atoms with Gasteiger partial charge in [0.05, 0.1) is 17.1 Å². The molecule has 176 valence electrons. The van der Waals surface area contributed by atoms with Crippen molar-refractivity contribution in [1.82, 2.24) is 4.90 Å². The number of rotatable bonds is 10. The second-order valence-corrected chi connectivity index (χ2v) is 7.62. The largest absolute Gasteiger partial charge is 0.388 e. The van der Waals surface area contributed by atoms with Gasteiger partial charge < -0.3 is 5.11 Å². The normalized spacial score (nSPS) is 12.0. The van der Waals surface area contributed by atoms with E-state index in [1.54, 1.807) is 56.4 Å². The van der Waals surface area contributed by atoms with Gasteiger partial charge in [-0.05, 0) is 49.2 Å². The Bertz CT molecular complexity index is 1040. The number of benzene rings is 2. The van der Waals surface area contributed by atoms with E-state index in [1.807, 2.05) is 13.8 Å². The molecule has 0 saturated carbocycles. The number of likely N-dealkylation sites (N-methyl/N-ethyl adjacent to an activating group) is 1. The number of carbonyl (C=O) groups excluding carboxylic acids is 2. The monoisotopic (exact) mass is 455 g/mol. The van der Waals surface area contributed by atoms with Crippen LogP contribution in [0.4, 0.5) is 15.8 Å². The molecular weight excluding hydrogens is 425 g/mol. The second-order valence-electron chi connectivity index (χ2n) is 7.62. The van der Waals surface area contributed by atoms with Gasteiger partial charge in [-0.25, -0.2) is 4.39 Å². The molecule has 0 spiro atoms. The lowest BCUT2D eigenvalue weighted by molar-refractivity contribution is -0.114. The summed E-state index contributed by atoms with van der Waals surface area (Å²) in [5.74, 6) is -0.228. The number of amidine groups is 1. The van der Waals surface area contributed by atoms with Crippen molar-refractivity contribution in [1.29, 1.82) is 0 Å². The minimum absolute atomic E-state index is 0.0533. The molecule has 1 amide bonds. The molecule has 0 aliphatic rings. The van der Waals surface area contributed by atoms with Gasteiger partial charge in [0.1, 0.15) is 12.4 Å². The lowest BCUT2D eigenvalue weighted by Crippen LogP contribution is -2.34. The number of carbonyl (C=O) groups is 2. The fourth-order valence-corrected chi connectivity index (χ4v) is 3.18. The summed E-state index contributed by atoms with van der Waals surface area (Å²) in [6, 6.07) is 11.2. The SMILES string of the molecule is CCN(C=O)/C(CO)=N\N(C)c1ccc(C=O)c(/C(=N\N(C)c2cccc(F)c2)C(C)C)c1. The molecule has 0 atom stereocenters. The maximum absolute atomic E-state index is 13.7. The van der Waals surface area contributed by atoms with Crippen LogP contribution in [0.5, 0.6) is 0 Å². The molecule has 2 aromatic carbocycles. The van der Waals surface area contributed by atoms with Crippen LogP contribution in [-0.4, -0.2) is 61.5 Å². The smallest absolute Gasteiger partial charge is 0.215 e. The highest BCUT2D eigenvalue weighted by Crippen LogP contribution is 2.23. The van der Waals surface area contributed by atoms with Crippen molar-refractivity contribution in [3.63, 3.8) is 0 Å². The summed E-state index contributed by atoms with van der Waals surface area (Å²) >= 11 is 0.